The van der Waals surface area contributed by atoms with E-state index in [1.165, 1.54) is 18.4 Å². The number of allylic oxidation sites excluding steroid dienone is 1. The summed E-state index contributed by atoms with van der Waals surface area (Å²) in [6, 6.07) is 10.2. The van der Waals surface area contributed by atoms with E-state index in [1.807, 2.05) is 0 Å². The SMILES string of the molecule is O=C1CC(=O)/C(=C/c2ccnc(CCC3CCN(Cc4cccc(-c5ccsc5)n4)CC3)n2)S1. The topological polar surface area (TPSA) is 76.1 Å². The lowest BCUT2D eigenvalue weighted by molar-refractivity contribution is -0.119. The lowest BCUT2D eigenvalue weighted by Crippen LogP contribution is -2.33. The molecule has 0 unspecified atom stereocenters. The van der Waals surface area contributed by atoms with Gasteiger partial charge in [0.05, 0.1) is 28.4 Å². The van der Waals surface area contributed by atoms with Crippen LogP contribution in [0.1, 0.15) is 42.9 Å². The number of thiophene rings is 1. The summed E-state index contributed by atoms with van der Waals surface area (Å²) in [6.07, 6.45) is 7.66. The zero-order chi connectivity index (χ0) is 23.3. The Morgan fingerprint density at radius 3 is 2.74 bits per heavy atom. The van der Waals surface area contributed by atoms with Crippen LogP contribution < -0.4 is 0 Å². The van der Waals surface area contributed by atoms with E-state index in [9.17, 15) is 9.59 Å². The molecule has 0 bridgehead atoms. The van der Waals surface area contributed by atoms with Crippen molar-refractivity contribution in [2.45, 2.75) is 38.6 Å². The first kappa shape index (κ1) is 23.1. The number of likely N-dealkylation sites (tertiary alicyclic amines) is 1. The average Bonchev–Trinajstić information content (AvgIpc) is 3.49. The number of carbonyl (C=O) groups is 2. The van der Waals surface area contributed by atoms with Crippen LogP contribution in [-0.2, 0) is 22.6 Å². The summed E-state index contributed by atoms with van der Waals surface area (Å²) < 4.78 is 0. The van der Waals surface area contributed by atoms with Crippen molar-refractivity contribution in [3.05, 3.63) is 69.4 Å². The standard InChI is InChI=1S/C26H26N4O2S2/c31-23-15-26(32)34-24(23)14-20-6-10-27-25(29-20)5-4-18-7-11-30(12-8-18)16-21-2-1-3-22(28-21)19-9-13-33-17-19/h1-3,6,9-10,13-14,17-18H,4-5,7-8,11-12,15-16H2/b24-14-. The Labute approximate surface area is 207 Å². The zero-order valence-corrected chi connectivity index (χ0v) is 20.5. The maximum absolute atomic E-state index is 11.9. The van der Waals surface area contributed by atoms with Gasteiger partial charge in [-0.05, 0) is 85.8 Å². The summed E-state index contributed by atoms with van der Waals surface area (Å²) in [5.41, 5.74) is 4.06. The minimum atomic E-state index is -0.115. The van der Waals surface area contributed by atoms with E-state index in [4.69, 9.17) is 4.98 Å². The zero-order valence-electron chi connectivity index (χ0n) is 18.9. The molecular formula is C26H26N4O2S2. The molecule has 3 aromatic heterocycles. The maximum Gasteiger partial charge on any atom is 0.201 e. The summed E-state index contributed by atoms with van der Waals surface area (Å²) in [5.74, 6) is 1.35. The van der Waals surface area contributed by atoms with Crippen LogP contribution in [0.15, 0.2) is 52.2 Å². The van der Waals surface area contributed by atoms with Crippen molar-refractivity contribution in [1.29, 1.82) is 0 Å². The van der Waals surface area contributed by atoms with Gasteiger partial charge in [-0.15, -0.1) is 0 Å². The molecule has 34 heavy (non-hydrogen) atoms. The third kappa shape index (κ3) is 5.87. The number of hydrogen-bond donors (Lipinski definition) is 0. The number of aromatic nitrogens is 3. The number of hydrogen-bond acceptors (Lipinski definition) is 8. The molecule has 5 heterocycles. The van der Waals surface area contributed by atoms with Crippen LogP contribution in [0.25, 0.3) is 17.3 Å². The number of thioether (sulfide) groups is 1. The van der Waals surface area contributed by atoms with Crippen LogP contribution >= 0.6 is 23.1 Å². The Hall–Kier alpha value is -2.68. The Kier molecular flexibility index (Phi) is 7.27. The molecule has 0 amide bonds. The molecule has 8 heteroatoms. The quantitative estimate of drug-likeness (QED) is 0.340. The number of aryl methyl sites for hydroxylation is 1. The molecule has 0 radical (unpaired) electrons. The molecule has 2 fully saturated rings. The minimum absolute atomic E-state index is 0.0107. The molecule has 0 N–H and O–H groups in total. The number of ketones is 1. The highest BCUT2D eigenvalue weighted by atomic mass is 32.2. The number of piperidine rings is 1. The molecule has 2 aliphatic rings. The van der Waals surface area contributed by atoms with Crippen molar-refractivity contribution in [1.82, 2.24) is 19.9 Å². The van der Waals surface area contributed by atoms with Crippen molar-refractivity contribution in [3.8, 4) is 11.3 Å². The van der Waals surface area contributed by atoms with Crippen molar-refractivity contribution < 1.29 is 9.59 Å². The lowest BCUT2D eigenvalue weighted by atomic mass is 9.92. The summed E-state index contributed by atoms with van der Waals surface area (Å²) in [6.45, 7) is 3.05. The summed E-state index contributed by atoms with van der Waals surface area (Å²) in [4.78, 5) is 40.2. The molecule has 5 rings (SSSR count). The Morgan fingerprint density at radius 2 is 1.97 bits per heavy atom. The molecule has 174 valence electrons. The van der Waals surface area contributed by atoms with E-state index in [0.717, 1.165) is 61.5 Å². The van der Waals surface area contributed by atoms with E-state index < -0.39 is 0 Å². The van der Waals surface area contributed by atoms with E-state index in [2.05, 4.69) is 49.9 Å². The molecule has 3 aromatic rings. The molecule has 0 saturated carbocycles. The van der Waals surface area contributed by atoms with Crippen LogP contribution in [-0.4, -0.2) is 43.8 Å². The van der Waals surface area contributed by atoms with Crippen LogP contribution in [0.3, 0.4) is 0 Å². The predicted octanol–water partition coefficient (Wildman–Crippen LogP) is 5.02. The van der Waals surface area contributed by atoms with Gasteiger partial charge >= 0.3 is 0 Å². The van der Waals surface area contributed by atoms with Crippen LogP contribution in [0, 0.1) is 5.92 Å². The lowest BCUT2D eigenvalue weighted by Gasteiger charge is -2.31. The van der Waals surface area contributed by atoms with Gasteiger partial charge in [-0.1, -0.05) is 6.07 Å². The van der Waals surface area contributed by atoms with Gasteiger partial charge in [0, 0.05) is 30.1 Å². The molecule has 0 aliphatic carbocycles. The van der Waals surface area contributed by atoms with Gasteiger partial charge in [-0.25, -0.2) is 9.97 Å². The first-order valence-electron chi connectivity index (χ1n) is 11.6. The highest BCUT2D eigenvalue weighted by molar-refractivity contribution is 8.18. The molecule has 0 spiro atoms. The van der Waals surface area contributed by atoms with Gasteiger partial charge in [-0.3, -0.25) is 19.5 Å². The molecule has 2 aliphatic heterocycles. The predicted molar refractivity (Wildman–Crippen MR) is 136 cm³/mol. The number of carbonyl (C=O) groups excluding carboxylic acids is 2. The van der Waals surface area contributed by atoms with Crippen molar-refractivity contribution in [2.75, 3.05) is 13.1 Å². The first-order chi connectivity index (χ1) is 16.6. The van der Waals surface area contributed by atoms with Crippen molar-refractivity contribution in [2.24, 2.45) is 5.92 Å². The van der Waals surface area contributed by atoms with Gasteiger partial charge in [0.1, 0.15) is 5.82 Å². The van der Waals surface area contributed by atoms with Gasteiger partial charge in [0.15, 0.2) is 5.78 Å². The van der Waals surface area contributed by atoms with Crippen LogP contribution in [0.5, 0.6) is 0 Å². The van der Waals surface area contributed by atoms with Crippen molar-refractivity contribution in [3.63, 3.8) is 0 Å². The second-order valence-electron chi connectivity index (χ2n) is 8.76. The Balaban J connectivity index is 1.11. The molecule has 0 atom stereocenters. The fourth-order valence-electron chi connectivity index (χ4n) is 4.43. The number of pyridine rings is 1. The second kappa shape index (κ2) is 10.7. The van der Waals surface area contributed by atoms with Crippen LogP contribution in [0.4, 0.5) is 0 Å². The fraction of sp³-hybridized carbons (Fsp3) is 0.346. The summed E-state index contributed by atoms with van der Waals surface area (Å²) in [5, 5.41) is 4.13. The average molecular weight is 491 g/mol. The second-order valence-corrected chi connectivity index (χ2v) is 10.6. The number of Topliss-reactive ketones (excluding diaryl/α,β-unsaturated/α-hetero) is 1. The van der Waals surface area contributed by atoms with Crippen LogP contribution in [0.2, 0.25) is 0 Å². The number of nitrogens with zero attached hydrogens (tertiary/aromatic N) is 4. The monoisotopic (exact) mass is 490 g/mol. The number of rotatable bonds is 7. The summed E-state index contributed by atoms with van der Waals surface area (Å²) >= 11 is 2.71. The third-order valence-corrected chi connectivity index (χ3v) is 7.92. The van der Waals surface area contributed by atoms with E-state index >= 15 is 0 Å². The largest absolute Gasteiger partial charge is 0.297 e. The van der Waals surface area contributed by atoms with Gasteiger partial charge < -0.3 is 0 Å². The van der Waals surface area contributed by atoms with Gasteiger partial charge in [0.2, 0.25) is 5.12 Å². The molecule has 0 aromatic carbocycles. The first-order valence-corrected chi connectivity index (χ1v) is 13.4. The third-order valence-electron chi connectivity index (χ3n) is 6.30. The Morgan fingerprint density at radius 1 is 1.09 bits per heavy atom. The van der Waals surface area contributed by atoms with Gasteiger partial charge in [-0.2, -0.15) is 11.3 Å². The minimum Gasteiger partial charge on any atom is -0.297 e. The highest BCUT2D eigenvalue weighted by Crippen LogP contribution is 2.30. The summed E-state index contributed by atoms with van der Waals surface area (Å²) in [7, 11) is 0. The Bertz CT molecular complexity index is 1200. The van der Waals surface area contributed by atoms with E-state index in [1.54, 1.807) is 29.7 Å². The van der Waals surface area contributed by atoms with E-state index in [0.29, 0.717) is 16.5 Å². The normalized spacial score (nSPS) is 18.8. The van der Waals surface area contributed by atoms with Gasteiger partial charge in [0.25, 0.3) is 0 Å². The fourth-order valence-corrected chi connectivity index (χ4v) is 5.89. The smallest absolute Gasteiger partial charge is 0.201 e. The molecular weight excluding hydrogens is 464 g/mol. The molecule has 6 nitrogen and oxygen atoms in total. The van der Waals surface area contributed by atoms with E-state index in [-0.39, 0.29) is 17.3 Å². The highest BCUT2D eigenvalue weighted by Gasteiger charge is 2.26. The maximum atomic E-state index is 11.9. The molecule has 2 saturated heterocycles. The van der Waals surface area contributed by atoms with Crippen molar-refractivity contribution >= 4 is 40.1 Å².